The molecule has 0 radical (unpaired) electrons. The molecule has 0 aliphatic heterocycles. The van der Waals surface area contributed by atoms with Crippen LogP contribution in [0.15, 0.2) is 73.3 Å². The van der Waals surface area contributed by atoms with Gasteiger partial charge in [0.05, 0.1) is 5.56 Å². The van der Waals surface area contributed by atoms with E-state index in [0.717, 1.165) is 26.8 Å². The Balaban J connectivity index is 1.55. The first-order valence-electron chi connectivity index (χ1n) is 9.86. The first-order chi connectivity index (χ1) is 15.7. The van der Waals surface area contributed by atoms with Crippen LogP contribution in [0.2, 0.25) is 0 Å². The molecule has 4 aromatic rings. The van der Waals surface area contributed by atoms with E-state index in [-0.39, 0.29) is 11.1 Å². The lowest BCUT2D eigenvalue weighted by Crippen LogP contribution is -2.07. The number of ether oxygens (including phenoxy) is 1. The maximum atomic E-state index is 14.6. The molecule has 4 rings (SSSR count). The SMILES string of the molecule is C=CCOc1ccc2cc(/C=C/c3ccc(-c4ccc(C(F)(F)F)c(F)c4)c(F)c3)sc2c1. The zero-order chi connectivity index (χ0) is 23.6. The fourth-order valence-electron chi connectivity index (χ4n) is 3.32. The van der Waals surface area contributed by atoms with Crippen molar-refractivity contribution in [3.63, 3.8) is 0 Å². The quantitative estimate of drug-likeness (QED) is 0.202. The van der Waals surface area contributed by atoms with Crippen LogP contribution in [0.3, 0.4) is 0 Å². The molecule has 0 N–H and O–H groups in total. The summed E-state index contributed by atoms with van der Waals surface area (Å²) in [6.45, 7) is 4.05. The molecule has 1 nitrogen and oxygen atoms in total. The number of rotatable bonds is 6. The highest BCUT2D eigenvalue weighted by Gasteiger charge is 2.34. The maximum Gasteiger partial charge on any atom is 0.419 e. The summed E-state index contributed by atoms with van der Waals surface area (Å²) in [5.41, 5.74) is -0.758. The predicted octanol–water partition coefficient (Wildman–Crippen LogP) is 8.60. The van der Waals surface area contributed by atoms with Crippen LogP contribution >= 0.6 is 11.3 Å². The molecule has 0 aliphatic carbocycles. The zero-order valence-corrected chi connectivity index (χ0v) is 17.9. The van der Waals surface area contributed by atoms with Gasteiger partial charge in [0.15, 0.2) is 0 Å². The van der Waals surface area contributed by atoms with Gasteiger partial charge in [-0.3, -0.25) is 0 Å². The van der Waals surface area contributed by atoms with Crippen molar-refractivity contribution in [1.82, 2.24) is 0 Å². The summed E-state index contributed by atoms with van der Waals surface area (Å²) in [7, 11) is 0. The molecule has 7 heteroatoms. The van der Waals surface area contributed by atoms with Crippen LogP contribution in [0.1, 0.15) is 16.0 Å². The Morgan fingerprint density at radius 1 is 0.879 bits per heavy atom. The van der Waals surface area contributed by atoms with Gasteiger partial charge < -0.3 is 4.74 Å². The van der Waals surface area contributed by atoms with Gasteiger partial charge in [-0.2, -0.15) is 13.2 Å². The van der Waals surface area contributed by atoms with Gasteiger partial charge >= 0.3 is 6.18 Å². The van der Waals surface area contributed by atoms with Crippen molar-refractivity contribution in [2.45, 2.75) is 6.18 Å². The van der Waals surface area contributed by atoms with Gasteiger partial charge in [-0.05, 0) is 65.1 Å². The van der Waals surface area contributed by atoms with Crippen molar-refractivity contribution in [1.29, 1.82) is 0 Å². The average Bonchev–Trinajstić information content (AvgIpc) is 3.17. The standard InChI is InChI=1S/C26H17F5OS/c1-2-11-32-19-7-5-18-13-20(33-25(18)15-19)8-3-16-4-9-21(23(27)12-16)17-6-10-22(24(28)14-17)26(29,30)31/h2-10,12-15H,1,11H2/b8-3+. The molecule has 1 aromatic heterocycles. The number of halogens is 5. The van der Waals surface area contributed by atoms with Gasteiger partial charge in [-0.25, -0.2) is 8.78 Å². The first-order valence-corrected chi connectivity index (χ1v) is 10.7. The van der Waals surface area contributed by atoms with Gasteiger partial charge in [-0.15, -0.1) is 11.3 Å². The van der Waals surface area contributed by atoms with Gasteiger partial charge in [0.2, 0.25) is 0 Å². The Hall–Kier alpha value is -3.45. The Labute approximate surface area is 191 Å². The fourth-order valence-corrected chi connectivity index (χ4v) is 4.31. The molecule has 0 aliphatic rings. The summed E-state index contributed by atoms with van der Waals surface area (Å²) < 4.78 is 73.3. The van der Waals surface area contributed by atoms with E-state index < -0.39 is 23.4 Å². The number of hydrogen-bond acceptors (Lipinski definition) is 2. The lowest BCUT2D eigenvalue weighted by Gasteiger charge is -2.10. The molecule has 0 bridgehead atoms. The Bertz CT molecular complexity index is 1350. The van der Waals surface area contributed by atoms with Gasteiger partial charge in [-0.1, -0.05) is 36.9 Å². The third kappa shape index (κ3) is 5.14. The summed E-state index contributed by atoms with van der Waals surface area (Å²) in [5.74, 6) is -1.35. The average molecular weight is 472 g/mol. The van der Waals surface area contributed by atoms with Crippen LogP contribution < -0.4 is 4.74 Å². The zero-order valence-electron chi connectivity index (χ0n) is 17.1. The molecule has 168 valence electrons. The van der Waals surface area contributed by atoms with Crippen molar-refractivity contribution in [2.24, 2.45) is 0 Å². The van der Waals surface area contributed by atoms with Crippen molar-refractivity contribution in [3.8, 4) is 16.9 Å². The van der Waals surface area contributed by atoms with Crippen LogP contribution in [-0.2, 0) is 6.18 Å². The van der Waals surface area contributed by atoms with Crippen molar-refractivity contribution in [3.05, 3.63) is 101 Å². The van der Waals surface area contributed by atoms with Crippen molar-refractivity contribution >= 4 is 33.6 Å². The molecular formula is C26H17F5OS. The molecule has 0 unspecified atom stereocenters. The molecule has 3 aromatic carbocycles. The van der Waals surface area contributed by atoms with E-state index in [4.69, 9.17) is 4.74 Å². The number of thiophene rings is 1. The lowest BCUT2D eigenvalue weighted by molar-refractivity contribution is -0.139. The van der Waals surface area contributed by atoms with E-state index in [1.807, 2.05) is 30.3 Å². The second-order valence-electron chi connectivity index (χ2n) is 7.21. The minimum atomic E-state index is -4.80. The summed E-state index contributed by atoms with van der Waals surface area (Å²) in [5, 5.41) is 1.05. The molecule has 0 fully saturated rings. The number of alkyl halides is 3. The summed E-state index contributed by atoms with van der Waals surface area (Å²) in [6, 6.07) is 14.5. The summed E-state index contributed by atoms with van der Waals surface area (Å²) >= 11 is 1.55. The number of benzene rings is 3. The highest BCUT2D eigenvalue weighted by Crippen LogP contribution is 2.34. The Kier molecular flexibility index (Phi) is 6.33. The van der Waals surface area contributed by atoms with Crippen LogP contribution in [-0.4, -0.2) is 6.61 Å². The first kappa shape index (κ1) is 22.7. The second-order valence-corrected chi connectivity index (χ2v) is 8.33. The van der Waals surface area contributed by atoms with E-state index in [1.54, 1.807) is 29.6 Å². The summed E-state index contributed by atoms with van der Waals surface area (Å²) in [4.78, 5) is 0.958. The molecular weight excluding hydrogens is 455 g/mol. The fraction of sp³-hybridized carbons (Fsp3) is 0.0769. The molecule has 1 heterocycles. The second kappa shape index (κ2) is 9.19. The van der Waals surface area contributed by atoms with Gasteiger partial charge in [0.25, 0.3) is 0 Å². The number of fused-ring (bicyclic) bond motifs is 1. The molecule has 0 spiro atoms. The van der Waals surface area contributed by atoms with Crippen LogP contribution in [0, 0.1) is 11.6 Å². The highest BCUT2D eigenvalue weighted by molar-refractivity contribution is 7.19. The predicted molar refractivity (Wildman–Crippen MR) is 123 cm³/mol. The Morgan fingerprint density at radius 3 is 2.39 bits per heavy atom. The van der Waals surface area contributed by atoms with Crippen molar-refractivity contribution in [2.75, 3.05) is 6.61 Å². The highest BCUT2D eigenvalue weighted by atomic mass is 32.1. The molecule has 0 atom stereocenters. The third-order valence-corrected chi connectivity index (χ3v) is 5.96. The largest absolute Gasteiger partial charge is 0.490 e. The van der Waals surface area contributed by atoms with E-state index in [9.17, 15) is 22.0 Å². The molecule has 0 saturated carbocycles. The minimum absolute atomic E-state index is 0.0219. The van der Waals surface area contributed by atoms with Crippen molar-refractivity contribution < 1.29 is 26.7 Å². The molecule has 0 amide bonds. The maximum absolute atomic E-state index is 14.6. The van der Waals surface area contributed by atoms with Crippen LogP contribution in [0.4, 0.5) is 22.0 Å². The lowest BCUT2D eigenvalue weighted by atomic mass is 10.0. The third-order valence-electron chi connectivity index (χ3n) is 4.90. The minimum Gasteiger partial charge on any atom is -0.490 e. The number of hydrogen-bond donors (Lipinski definition) is 0. The normalized spacial score (nSPS) is 11.9. The molecule has 0 saturated heterocycles. The smallest absolute Gasteiger partial charge is 0.419 e. The van der Waals surface area contributed by atoms with E-state index >= 15 is 0 Å². The van der Waals surface area contributed by atoms with Gasteiger partial charge in [0.1, 0.15) is 24.0 Å². The monoisotopic (exact) mass is 472 g/mol. The molecule has 33 heavy (non-hydrogen) atoms. The summed E-state index contributed by atoms with van der Waals surface area (Å²) in [6.07, 6.45) is 0.453. The topological polar surface area (TPSA) is 9.23 Å². The van der Waals surface area contributed by atoms with Crippen LogP contribution in [0.5, 0.6) is 5.75 Å². The van der Waals surface area contributed by atoms with E-state index in [0.29, 0.717) is 24.3 Å². The Morgan fingerprint density at radius 2 is 1.70 bits per heavy atom. The van der Waals surface area contributed by atoms with Crippen LogP contribution in [0.25, 0.3) is 33.4 Å². The van der Waals surface area contributed by atoms with E-state index in [2.05, 4.69) is 6.58 Å². The van der Waals surface area contributed by atoms with Gasteiger partial charge in [0, 0.05) is 15.1 Å². The van der Waals surface area contributed by atoms with E-state index in [1.165, 1.54) is 12.1 Å².